The summed E-state index contributed by atoms with van der Waals surface area (Å²) < 4.78 is 5.13. The molecule has 1 heterocycles. The Balaban J connectivity index is 2.33. The Bertz CT molecular complexity index is 189. The molecule has 1 fully saturated rings. The van der Waals surface area contributed by atoms with Crippen molar-refractivity contribution in [1.82, 2.24) is 0 Å². The van der Waals surface area contributed by atoms with Crippen molar-refractivity contribution in [2.45, 2.75) is 29.8 Å². The summed E-state index contributed by atoms with van der Waals surface area (Å²) in [5, 5.41) is 1.17. The molecule has 0 unspecified atom stereocenters. The summed E-state index contributed by atoms with van der Waals surface area (Å²) in [5.74, 6) is 0.506. The number of thioether (sulfide) groups is 2. The highest BCUT2D eigenvalue weighted by atomic mass is 35.5. The Kier molecular flexibility index (Phi) is 4.76. The van der Waals surface area contributed by atoms with E-state index in [0.29, 0.717) is 10.5 Å². The molecular formula is C8H13ClO2S2. The maximum absolute atomic E-state index is 10.9. The first kappa shape index (κ1) is 11.5. The van der Waals surface area contributed by atoms with Gasteiger partial charge in [-0.05, 0) is 0 Å². The summed E-state index contributed by atoms with van der Waals surface area (Å²) in [6.07, 6.45) is 0. The van der Waals surface area contributed by atoms with Crippen molar-refractivity contribution in [3.05, 3.63) is 0 Å². The third kappa shape index (κ3) is 3.60. The number of hydrogen-bond donors (Lipinski definition) is 0. The number of carbonyl (C=O) groups is 1. The SMILES string of the molecule is C[C@@H]1SC[C@H](OC(=O)CCl)S[C@@H]1C. The number of hydrogen-bond acceptors (Lipinski definition) is 4. The summed E-state index contributed by atoms with van der Waals surface area (Å²) >= 11 is 8.91. The van der Waals surface area contributed by atoms with Gasteiger partial charge in [0.05, 0.1) is 0 Å². The van der Waals surface area contributed by atoms with E-state index in [0.717, 1.165) is 5.75 Å². The maximum atomic E-state index is 10.9. The van der Waals surface area contributed by atoms with E-state index in [1.165, 1.54) is 0 Å². The molecule has 0 radical (unpaired) electrons. The van der Waals surface area contributed by atoms with Gasteiger partial charge in [0, 0.05) is 16.3 Å². The van der Waals surface area contributed by atoms with Crippen LogP contribution in [0.5, 0.6) is 0 Å². The number of esters is 1. The molecule has 0 aliphatic carbocycles. The molecule has 1 saturated heterocycles. The van der Waals surface area contributed by atoms with Crippen LogP contribution < -0.4 is 0 Å². The lowest BCUT2D eigenvalue weighted by molar-refractivity contribution is -0.141. The molecule has 2 nitrogen and oxygen atoms in total. The fourth-order valence-electron chi connectivity index (χ4n) is 0.995. The molecule has 1 aliphatic heterocycles. The molecule has 1 aliphatic rings. The van der Waals surface area contributed by atoms with Crippen molar-refractivity contribution in [2.75, 3.05) is 11.6 Å². The molecule has 1 rings (SSSR count). The molecular weight excluding hydrogens is 228 g/mol. The van der Waals surface area contributed by atoms with Crippen LogP contribution in [0.15, 0.2) is 0 Å². The van der Waals surface area contributed by atoms with Crippen LogP contribution in [0.4, 0.5) is 0 Å². The normalized spacial score (nSPS) is 34.2. The van der Waals surface area contributed by atoms with Crippen LogP contribution in [0.25, 0.3) is 0 Å². The first-order valence-corrected chi connectivity index (χ1v) is 6.68. The second-order valence-corrected chi connectivity index (χ2v) is 6.15. The van der Waals surface area contributed by atoms with E-state index in [9.17, 15) is 4.79 Å². The second kappa shape index (κ2) is 5.37. The fourth-order valence-corrected chi connectivity index (χ4v) is 3.70. The molecule has 13 heavy (non-hydrogen) atoms. The van der Waals surface area contributed by atoms with Gasteiger partial charge in [-0.3, -0.25) is 4.79 Å². The third-order valence-electron chi connectivity index (χ3n) is 1.89. The van der Waals surface area contributed by atoms with E-state index in [4.69, 9.17) is 16.3 Å². The van der Waals surface area contributed by atoms with Gasteiger partial charge in [-0.25, -0.2) is 0 Å². The van der Waals surface area contributed by atoms with Crippen molar-refractivity contribution in [3.63, 3.8) is 0 Å². The van der Waals surface area contributed by atoms with Crippen molar-refractivity contribution in [1.29, 1.82) is 0 Å². The van der Waals surface area contributed by atoms with Crippen LogP contribution in [-0.2, 0) is 9.53 Å². The summed E-state index contributed by atoms with van der Waals surface area (Å²) in [6, 6.07) is 0. The van der Waals surface area contributed by atoms with Gasteiger partial charge in [-0.15, -0.1) is 23.4 Å². The van der Waals surface area contributed by atoms with Gasteiger partial charge in [0.15, 0.2) is 5.44 Å². The predicted octanol–water partition coefficient (Wildman–Crippen LogP) is 2.35. The summed E-state index contributed by atoms with van der Waals surface area (Å²) in [4.78, 5) is 10.9. The molecule has 0 amide bonds. The quantitative estimate of drug-likeness (QED) is 0.547. The molecule has 0 spiro atoms. The molecule has 0 bridgehead atoms. The van der Waals surface area contributed by atoms with Gasteiger partial charge in [-0.1, -0.05) is 13.8 Å². The Morgan fingerprint density at radius 2 is 2.23 bits per heavy atom. The van der Waals surface area contributed by atoms with Crippen molar-refractivity contribution in [2.24, 2.45) is 0 Å². The molecule has 0 aromatic carbocycles. The minimum atomic E-state index is -0.318. The molecule has 0 saturated carbocycles. The van der Waals surface area contributed by atoms with E-state index in [-0.39, 0.29) is 17.3 Å². The Morgan fingerprint density at radius 3 is 2.77 bits per heavy atom. The molecule has 0 aromatic heterocycles. The standard InChI is InChI=1S/C8H13ClO2S2/c1-5-6(2)13-8(4-12-5)11-7(10)3-9/h5-6,8H,3-4H2,1-2H3/t5-,6+,8+/m0/s1. The van der Waals surface area contributed by atoms with Gasteiger partial charge in [-0.2, -0.15) is 11.8 Å². The zero-order valence-corrected chi connectivity index (χ0v) is 10.0. The van der Waals surface area contributed by atoms with E-state index in [2.05, 4.69) is 13.8 Å². The minimum Gasteiger partial charge on any atom is -0.449 e. The van der Waals surface area contributed by atoms with Crippen LogP contribution in [0.2, 0.25) is 0 Å². The molecule has 5 heteroatoms. The van der Waals surface area contributed by atoms with Crippen LogP contribution in [0.1, 0.15) is 13.8 Å². The smallest absolute Gasteiger partial charge is 0.322 e. The fraction of sp³-hybridized carbons (Fsp3) is 0.875. The molecule has 76 valence electrons. The lowest BCUT2D eigenvalue weighted by Gasteiger charge is -2.30. The Hall–Kier alpha value is 0.460. The number of rotatable bonds is 2. The second-order valence-electron chi connectivity index (χ2n) is 2.93. The van der Waals surface area contributed by atoms with Crippen LogP contribution >= 0.6 is 35.1 Å². The highest BCUT2D eigenvalue weighted by Gasteiger charge is 2.27. The average molecular weight is 241 g/mol. The minimum absolute atomic E-state index is 0.0116. The van der Waals surface area contributed by atoms with Gasteiger partial charge < -0.3 is 4.74 Å². The number of carbonyl (C=O) groups excluding carboxylic acids is 1. The highest BCUT2D eigenvalue weighted by Crippen LogP contribution is 2.36. The number of ether oxygens (including phenoxy) is 1. The van der Waals surface area contributed by atoms with E-state index in [1.807, 2.05) is 11.8 Å². The van der Waals surface area contributed by atoms with Crippen molar-refractivity contribution in [3.8, 4) is 0 Å². The summed E-state index contributed by atoms with van der Waals surface area (Å²) in [7, 11) is 0. The monoisotopic (exact) mass is 240 g/mol. The first-order chi connectivity index (χ1) is 6.13. The largest absolute Gasteiger partial charge is 0.449 e. The van der Waals surface area contributed by atoms with Crippen molar-refractivity contribution >= 4 is 41.1 Å². The highest BCUT2D eigenvalue weighted by molar-refractivity contribution is 8.07. The lowest BCUT2D eigenvalue weighted by Crippen LogP contribution is -2.29. The number of halogens is 1. The zero-order chi connectivity index (χ0) is 9.84. The van der Waals surface area contributed by atoms with Gasteiger partial charge in [0.1, 0.15) is 5.88 Å². The maximum Gasteiger partial charge on any atom is 0.322 e. The molecule has 3 atom stereocenters. The van der Waals surface area contributed by atoms with Gasteiger partial charge in [0.2, 0.25) is 0 Å². The molecule has 0 aromatic rings. The van der Waals surface area contributed by atoms with Crippen molar-refractivity contribution < 1.29 is 9.53 Å². The van der Waals surface area contributed by atoms with Crippen LogP contribution in [0.3, 0.4) is 0 Å². The Morgan fingerprint density at radius 1 is 1.54 bits per heavy atom. The summed E-state index contributed by atoms with van der Waals surface area (Å²) in [6.45, 7) is 4.35. The topological polar surface area (TPSA) is 26.3 Å². The first-order valence-electron chi connectivity index (χ1n) is 4.16. The van der Waals surface area contributed by atoms with E-state index >= 15 is 0 Å². The zero-order valence-electron chi connectivity index (χ0n) is 7.66. The van der Waals surface area contributed by atoms with Gasteiger partial charge in [0.25, 0.3) is 0 Å². The van der Waals surface area contributed by atoms with Crippen LogP contribution in [0, 0.1) is 0 Å². The van der Waals surface area contributed by atoms with E-state index < -0.39 is 0 Å². The summed E-state index contributed by atoms with van der Waals surface area (Å²) in [5.41, 5.74) is -0.0116. The van der Waals surface area contributed by atoms with Crippen LogP contribution in [-0.4, -0.2) is 33.5 Å². The predicted molar refractivity (Wildman–Crippen MR) is 59.6 cm³/mol. The Labute approximate surface area is 92.1 Å². The van der Waals surface area contributed by atoms with E-state index in [1.54, 1.807) is 11.8 Å². The average Bonchev–Trinajstić information content (AvgIpc) is 2.11. The number of alkyl halides is 1. The van der Waals surface area contributed by atoms with Gasteiger partial charge >= 0.3 is 5.97 Å². The lowest BCUT2D eigenvalue weighted by atomic mass is 10.4. The third-order valence-corrected chi connectivity index (χ3v) is 5.33. The molecule has 0 N–H and O–H groups in total.